The van der Waals surface area contributed by atoms with Gasteiger partial charge in [0, 0.05) is 17.9 Å². The van der Waals surface area contributed by atoms with Gasteiger partial charge >= 0.3 is 5.97 Å². The normalized spacial score (nSPS) is 44.1. The van der Waals surface area contributed by atoms with Crippen molar-refractivity contribution in [2.45, 2.75) is 91.9 Å². The molecule has 30 heavy (non-hydrogen) atoms. The fourth-order valence-corrected chi connectivity index (χ4v) is 8.85. The summed E-state index contributed by atoms with van der Waals surface area (Å²) in [5.74, 6) is 1.90. The highest BCUT2D eigenvalue weighted by Crippen LogP contribution is 2.69. The molecule has 0 aliphatic heterocycles. The first-order valence-corrected chi connectivity index (χ1v) is 12.3. The highest BCUT2D eigenvalue weighted by Gasteiger charge is 2.62. The second-order valence-electron chi connectivity index (χ2n) is 11.5. The van der Waals surface area contributed by atoms with Crippen molar-refractivity contribution in [2.75, 3.05) is 0 Å². The maximum Gasteiger partial charge on any atom is 0.303 e. The van der Waals surface area contributed by atoms with Crippen LogP contribution in [0.1, 0.15) is 91.9 Å². The Morgan fingerprint density at radius 1 is 1.03 bits per heavy atom. The van der Waals surface area contributed by atoms with E-state index in [9.17, 15) is 14.7 Å². The largest absolute Gasteiger partial charge is 0.512 e. The molecule has 0 aromatic heterocycles. The van der Waals surface area contributed by atoms with Crippen molar-refractivity contribution in [1.82, 2.24) is 0 Å². The third-order valence-corrected chi connectivity index (χ3v) is 10.3. The van der Waals surface area contributed by atoms with E-state index in [2.05, 4.69) is 20.8 Å². The van der Waals surface area contributed by atoms with Crippen LogP contribution in [0.15, 0.2) is 11.3 Å². The zero-order chi connectivity index (χ0) is 21.8. The molecule has 0 saturated heterocycles. The van der Waals surface area contributed by atoms with Gasteiger partial charge in [-0.2, -0.15) is 0 Å². The summed E-state index contributed by atoms with van der Waals surface area (Å²) in [6, 6.07) is 0. The minimum Gasteiger partial charge on any atom is -0.512 e. The molecule has 4 rings (SSSR count). The maximum absolute atomic E-state index is 12.7. The van der Waals surface area contributed by atoms with E-state index in [4.69, 9.17) is 5.11 Å². The van der Waals surface area contributed by atoms with Gasteiger partial charge in [0.1, 0.15) is 5.76 Å². The summed E-state index contributed by atoms with van der Waals surface area (Å²) in [5, 5.41) is 20.7. The number of fused-ring (bicyclic) bond motifs is 5. The number of hydrogen-bond acceptors (Lipinski definition) is 3. The summed E-state index contributed by atoms with van der Waals surface area (Å²) in [4.78, 5) is 23.8. The highest BCUT2D eigenvalue weighted by atomic mass is 16.4. The number of ketones is 1. The molecule has 0 spiro atoms. The Morgan fingerprint density at radius 2 is 1.73 bits per heavy atom. The molecular formula is C26H40O4. The van der Waals surface area contributed by atoms with E-state index in [-0.39, 0.29) is 34.9 Å². The molecule has 4 aliphatic rings. The minimum absolute atomic E-state index is 0.0701. The van der Waals surface area contributed by atoms with Crippen molar-refractivity contribution in [2.24, 2.45) is 46.3 Å². The third kappa shape index (κ3) is 3.15. The monoisotopic (exact) mass is 416 g/mol. The van der Waals surface area contributed by atoms with E-state index in [0.29, 0.717) is 29.4 Å². The molecule has 0 amide bonds. The number of hydrogen-bond donors (Lipinski definition) is 2. The summed E-state index contributed by atoms with van der Waals surface area (Å²) in [6.07, 6.45) is 10.1. The quantitative estimate of drug-likeness (QED) is 0.563. The number of Topliss-reactive ketones (excluding diaryl/α,β-unsaturated/α-hetero) is 1. The number of aliphatic hydroxyl groups excluding tert-OH is 1. The van der Waals surface area contributed by atoms with Crippen molar-refractivity contribution in [3.05, 3.63) is 11.3 Å². The molecule has 0 aromatic rings. The van der Waals surface area contributed by atoms with Gasteiger partial charge in [-0.1, -0.05) is 33.6 Å². The molecule has 0 bridgehead atoms. The number of carbonyl (C=O) groups excluding carboxylic acids is 1. The lowest BCUT2D eigenvalue weighted by molar-refractivity contribution is -0.137. The van der Waals surface area contributed by atoms with Crippen LogP contribution in [0.2, 0.25) is 0 Å². The summed E-state index contributed by atoms with van der Waals surface area (Å²) >= 11 is 0. The van der Waals surface area contributed by atoms with Crippen molar-refractivity contribution >= 4 is 11.8 Å². The fourth-order valence-electron chi connectivity index (χ4n) is 8.85. The van der Waals surface area contributed by atoms with Crippen molar-refractivity contribution in [3.8, 4) is 0 Å². The molecule has 0 aromatic carbocycles. The summed E-state index contributed by atoms with van der Waals surface area (Å²) in [6.45, 7) is 8.69. The summed E-state index contributed by atoms with van der Waals surface area (Å²) < 4.78 is 0. The molecule has 3 saturated carbocycles. The van der Waals surface area contributed by atoms with Crippen LogP contribution in [0, 0.1) is 46.3 Å². The van der Waals surface area contributed by atoms with Gasteiger partial charge in [0.05, 0.1) is 0 Å². The van der Waals surface area contributed by atoms with Crippen LogP contribution < -0.4 is 0 Å². The summed E-state index contributed by atoms with van der Waals surface area (Å²) in [7, 11) is 0. The Kier molecular flexibility index (Phi) is 5.60. The van der Waals surface area contributed by atoms with Gasteiger partial charge in [-0.05, 0) is 92.3 Å². The SMILES string of the molecule is CC(=O)C1=C(O)[C@@H]2[C@H](CC[C@]3(C)[C@@H](C(C)CCC(=O)O)CC[C@@H]23)[C@@]2(C)CCCC[C@@H]12. The number of rotatable bonds is 5. The fraction of sp³-hybridized carbons (Fsp3) is 0.846. The smallest absolute Gasteiger partial charge is 0.303 e. The second-order valence-corrected chi connectivity index (χ2v) is 11.5. The Morgan fingerprint density at radius 3 is 2.40 bits per heavy atom. The molecule has 0 radical (unpaired) electrons. The third-order valence-electron chi connectivity index (χ3n) is 10.3. The minimum atomic E-state index is -0.708. The van der Waals surface area contributed by atoms with E-state index in [1.54, 1.807) is 6.92 Å². The zero-order valence-corrected chi connectivity index (χ0v) is 19.2. The highest BCUT2D eigenvalue weighted by molar-refractivity contribution is 5.94. The average Bonchev–Trinajstić information content (AvgIpc) is 3.03. The lowest BCUT2D eigenvalue weighted by Gasteiger charge is -2.60. The lowest BCUT2D eigenvalue weighted by Crippen LogP contribution is -2.54. The average molecular weight is 417 g/mol. The number of aliphatic hydroxyl groups is 1. The molecule has 0 heterocycles. The zero-order valence-electron chi connectivity index (χ0n) is 19.2. The van der Waals surface area contributed by atoms with Crippen LogP contribution in [0.4, 0.5) is 0 Å². The molecule has 2 N–H and O–H groups in total. The van der Waals surface area contributed by atoms with Crippen molar-refractivity contribution in [1.29, 1.82) is 0 Å². The van der Waals surface area contributed by atoms with Crippen LogP contribution in [0.5, 0.6) is 0 Å². The molecule has 8 atom stereocenters. The first-order chi connectivity index (χ1) is 14.1. The van der Waals surface area contributed by atoms with E-state index in [1.807, 2.05) is 0 Å². The van der Waals surface area contributed by atoms with E-state index < -0.39 is 5.97 Å². The van der Waals surface area contributed by atoms with E-state index in [0.717, 1.165) is 44.1 Å². The molecule has 4 heteroatoms. The predicted molar refractivity (Wildman–Crippen MR) is 117 cm³/mol. The van der Waals surface area contributed by atoms with Crippen molar-refractivity contribution < 1.29 is 19.8 Å². The second kappa shape index (κ2) is 7.67. The van der Waals surface area contributed by atoms with Crippen LogP contribution in [0.3, 0.4) is 0 Å². The summed E-state index contributed by atoms with van der Waals surface area (Å²) in [5.41, 5.74) is 1.02. The lowest BCUT2D eigenvalue weighted by atomic mass is 9.44. The molecule has 4 aliphatic carbocycles. The van der Waals surface area contributed by atoms with Gasteiger partial charge in [0.25, 0.3) is 0 Å². The Bertz CT molecular complexity index is 754. The first-order valence-electron chi connectivity index (χ1n) is 12.3. The standard InChI is InChI=1S/C26H40O4/c1-15(8-11-21(28)29)17-9-10-19-23-20(12-14-26(17,19)4)25(3)13-6-5-7-18(25)22(16(2)27)24(23)30/h15,17-20,23,30H,5-14H2,1-4H3,(H,28,29)/t15?,17-,18+,19+,20+,23+,25+,26-/m1/s1. The molecule has 1 unspecified atom stereocenters. The van der Waals surface area contributed by atoms with Gasteiger partial charge in [-0.15, -0.1) is 0 Å². The molecule has 3 fully saturated rings. The number of aliphatic carboxylic acids is 1. The van der Waals surface area contributed by atoms with Crippen LogP contribution in [0.25, 0.3) is 0 Å². The van der Waals surface area contributed by atoms with Gasteiger partial charge in [-0.25, -0.2) is 0 Å². The topological polar surface area (TPSA) is 74.6 Å². The Labute approximate surface area is 181 Å². The van der Waals surface area contributed by atoms with Crippen LogP contribution >= 0.6 is 0 Å². The van der Waals surface area contributed by atoms with Crippen molar-refractivity contribution in [3.63, 3.8) is 0 Å². The maximum atomic E-state index is 12.7. The van der Waals surface area contributed by atoms with E-state index >= 15 is 0 Å². The van der Waals surface area contributed by atoms with Gasteiger partial charge < -0.3 is 10.2 Å². The molecule has 4 nitrogen and oxygen atoms in total. The number of carbonyl (C=O) groups is 2. The molecular weight excluding hydrogens is 376 g/mol. The van der Waals surface area contributed by atoms with Crippen LogP contribution in [-0.4, -0.2) is 22.0 Å². The number of carboxylic acids is 1. The molecule has 168 valence electrons. The Balaban J connectivity index is 1.70. The number of allylic oxidation sites excluding steroid dienone is 2. The van der Waals surface area contributed by atoms with Gasteiger partial charge in [-0.3, -0.25) is 9.59 Å². The predicted octanol–water partition coefficient (Wildman–Crippen LogP) is 6.16. The first kappa shape index (κ1) is 21.9. The van der Waals surface area contributed by atoms with Gasteiger partial charge in [0.15, 0.2) is 5.78 Å². The number of carboxylic acid groups (broad SMARTS) is 1. The Hall–Kier alpha value is -1.32. The van der Waals surface area contributed by atoms with Gasteiger partial charge in [0.2, 0.25) is 0 Å². The van der Waals surface area contributed by atoms with E-state index in [1.165, 1.54) is 19.3 Å². The van der Waals surface area contributed by atoms with Crippen LogP contribution in [-0.2, 0) is 9.59 Å².